The van der Waals surface area contributed by atoms with Crippen LogP contribution in [-0.2, 0) is 13.2 Å². The van der Waals surface area contributed by atoms with Crippen LogP contribution in [0.5, 0.6) is 5.75 Å². The van der Waals surface area contributed by atoms with Crippen molar-refractivity contribution >= 4 is 0 Å². The maximum atomic E-state index is 9.29. The number of rotatable bonds is 4. The van der Waals surface area contributed by atoms with E-state index in [4.69, 9.17) is 4.74 Å². The molecule has 4 nitrogen and oxygen atoms in total. The Morgan fingerprint density at radius 1 is 1.33 bits per heavy atom. The summed E-state index contributed by atoms with van der Waals surface area (Å²) in [6, 6.07) is 7.92. The molecule has 0 fully saturated rings. The molecule has 2 aromatic rings. The Morgan fingerprint density at radius 3 is 2.72 bits per heavy atom. The van der Waals surface area contributed by atoms with Crippen molar-refractivity contribution < 1.29 is 9.84 Å². The molecule has 0 aliphatic carbocycles. The molecular formula is C14H18N2O2. The highest BCUT2D eigenvalue weighted by Gasteiger charge is 2.10. The van der Waals surface area contributed by atoms with Crippen molar-refractivity contribution in [3.63, 3.8) is 0 Å². The topological polar surface area (TPSA) is 47.3 Å². The molecule has 0 amide bonds. The van der Waals surface area contributed by atoms with Gasteiger partial charge >= 0.3 is 0 Å². The van der Waals surface area contributed by atoms with Crippen LogP contribution in [-0.4, -0.2) is 22.0 Å². The van der Waals surface area contributed by atoms with Crippen LogP contribution in [0.3, 0.4) is 0 Å². The summed E-state index contributed by atoms with van der Waals surface area (Å²) in [6.45, 7) is 4.62. The summed E-state index contributed by atoms with van der Waals surface area (Å²) in [6.07, 6.45) is 0. The van der Waals surface area contributed by atoms with E-state index in [2.05, 4.69) is 5.10 Å². The van der Waals surface area contributed by atoms with Crippen molar-refractivity contribution in [3.05, 3.63) is 46.8 Å². The first kappa shape index (κ1) is 12.6. The number of aliphatic hydroxyl groups is 1. The maximum Gasteiger partial charge on any atom is 0.119 e. The molecule has 0 saturated heterocycles. The first-order valence-electron chi connectivity index (χ1n) is 5.92. The number of nitrogens with zero attached hydrogens (tertiary/aromatic N) is 2. The molecule has 0 bridgehead atoms. The Morgan fingerprint density at radius 2 is 2.11 bits per heavy atom. The minimum atomic E-state index is 0.0375. The Labute approximate surface area is 107 Å². The normalized spacial score (nSPS) is 10.7. The van der Waals surface area contributed by atoms with Gasteiger partial charge in [0.25, 0.3) is 0 Å². The smallest absolute Gasteiger partial charge is 0.119 e. The zero-order chi connectivity index (χ0) is 13.1. The van der Waals surface area contributed by atoms with Gasteiger partial charge in [0.15, 0.2) is 0 Å². The lowest BCUT2D eigenvalue weighted by Gasteiger charge is -2.07. The van der Waals surface area contributed by atoms with Crippen molar-refractivity contribution in [2.45, 2.75) is 27.0 Å². The van der Waals surface area contributed by atoms with E-state index in [9.17, 15) is 5.11 Å². The predicted octanol–water partition coefficient (Wildman–Crippen LogP) is 2.05. The van der Waals surface area contributed by atoms with Gasteiger partial charge in [0.05, 0.1) is 26.0 Å². The first-order valence-corrected chi connectivity index (χ1v) is 5.92. The average molecular weight is 246 g/mol. The van der Waals surface area contributed by atoms with Gasteiger partial charge in [-0.3, -0.25) is 4.68 Å². The highest BCUT2D eigenvalue weighted by molar-refractivity contribution is 5.30. The van der Waals surface area contributed by atoms with Gasteiger partial charge in [0, 0.05) is 11.3 Å². The quantitative estimate of drug-likeness (QED) is 0.898. The Balaban J connectivity index is 2.28. The monoisotopic (exact) mass is 246 g/mol. The number of benzene rings is 1. The molecule has 1 N–H and O–H groups in total. The fourth-order valence-corrected chi connectivity index (χ4v) is 2.06. The van der Waals surface area contributed by atoms with Crippen LogP contribution < -0.4 is 4.74 Å². The summed E-state index contributed by atoms with van der Waals surface area (Å²) in [7, 11) is 1.66. The molecule has 0 spiro atoms. The number of hydrogen-bond acceptors (Lipinski definition) is 3. The van der Waals surface area contributed by atoms with Gasteiger partial charge in [-0.1, -0.05) is 12.1 Å². The molecule has 1 aromatic carbocycles. The number of aromatic nitrogens is 2. The molecular weight excluding hydrogens is 228 g/mol. The molecule has 4 heteroatoms. The lowest BCUT2D eigenvalue weighted by molar-refractivity contribution is 0.280. The van der Waals surface area contributed by atoms with Crippen molar-refractivity contribution in [3.8, 4) is 5.75 Å². The second-order valence-electron chi connectivity index (χ2n) is 4.32. The van der Waals surface area contributed by atoms with Crippen molar-refractivity contribution in [2.75, 3.05) is 7.11 Å². The van der Waals surface area contributed by atoms with Crippen molar-refractivity contribution in [1.82, 2.24) is 9.78 Å². The number of methoxy groups -OCH3 is 1. The molecule has 0 saturated carbocycles. The third-order valence-electron chi connectivity index (χ3n) is 3.16. The van der Waals surface area contributed by atoms with E-state index < -0.39 is 0 Å². The van der Waals surface area contributed by atoms with E-state index in [0.717, 1.165) is 28.3 Å². The van der Waals surface area contributed by atoms with E-state index in [1.807, 2.05) is 42.8 Å². The maximum absolute atomic E-state index is 9.29. The summed E-state index contributed by atoms with van der Waals surface area (Å²) in [4.78, 5) is 0. The van der Waals surface area contributed by atoms with Crippen LogP contribution in [0.4, 0.5) is 0 Å². The van der Waals surface area contributed by atoms with Gasteiger partial charge < -0.3 is 9.84 Å². The minimum absolute atomic E-state index is 0.0375. The Bertz CT molecular complexity index is 547. The highest BCUT2D eigenvalue weighted by Crippen LogP contribution is 2.17. The van der Waals surface area contributed by atoms with E-state index in [1.54, 1.807) is 7.11 Å². The minimum Gasteiger partial charge on any atom is -0.497 e. The van der Waals surface area contributed by atoms with Crippen LogP contribution >= 0.6 is 0 Å². The molecule has 2 rings (SSSR count). The molecule has 0 aliphatic heterocycles. The van der Waals surface area contributed by atoms with Crippen LogP contribution in [0.15, 0.2) is 24.3 Å². The van der Waals surface area contributed by atoms with Gasteiger partial charge in [-0.15, -0.1) is 0 Å². The summed E-state index contributed by atoms with van der Waals surface area (Å²) in [5.41, 5.74) is 3.94. The number of ether oxygens (including phenoxy) is 1. The molecule has 96 valence electrons. The summed E-state index contributed by atoms with van der Waals surface area (Å²) in [5.74, 6) is 0.844. The van der Waals surface area contributed by atoms with Gasteiger partial charge in [-0.2, -0.15) is 5.10 Å². The Kier molecular flexibility index (Phi) is 3.67. The van der Waals surface area contributed by atoms with E-state index in [1.165, 1.54) is 0 Å². The van der Waals surface area contributed by atoms with Crippen LogP contribution in [0, 0.1) is 13.8 Å². The van der Waals surface area contributed by atoms with Gasteiger partial charge in [-0.25, -0.2) is 0 Å². The lowest BCUT2D eigenvalue weighted by atomic mass is 10.2. The number of aryl methyl sites for hydroxylation is 1. The summed E-state index contributed by atoms with van der Waals surface area (Å²) < 4.78 is 7.12. The molecule has 1 heterocycles. The SMILES string of the molecule is COc1cccc(Cn2nc(C)c(CO)c2C)c1. The van der Waals surface area contributed by atoms with E-state index >= 15 is 0 Å². The van der Waals surface area contributed by atoms with Crippen molar-refractivity contribution in [1.29, 1.82) is 0 Å². The van der Waals surface area contributed by atoms with Gasteiger partial charge in [0.2, 0.25) is 0 Å². The first-order chi connectivity index (χ1) is 8.65. The summed E-state index contributed by atoms with van der Waals surface area (Å²) in [5, 5.41) is 13.7. The van der Waals surface area contributed by atoms with Crippen LogP contribution in [0.2, 0.25) is 0 Å². The zero-order valence-corrected chi connectivity index (χ0v) is 11.0. The average Bonchev–Trinajstić information content (AvgIpc) is 2.64. The molecule has 1 aromatic heterocycles. The molecule has 0 atom stereocenters. The molecule has 0 radical (unpaired) electrons. The number of hydrogen-bond donors (Lipinski definition) is 1. The van der Waals surface area contributed by atoms with E-state index in [0.29, 0.717) is 6.54 Å². The largest absolute Gasteiger partial charge is 0.497 e. The lowest BCUT2D eigenvalue weighted by Crippen LogP contribution is -2.04. The molecule has 18 heavy (non-hydrogen) atoms. The third-order valence-corrected chi connectivity index (χ3v) is 3.16. The van der Waals surface area contributed by atoms with Crippen molar-refractivity contribution in [2.24, 2.45) is 0 Å². The second-order valence-corrected chi connectivity index (χ2v) is 4.32. The fraction of sp³-hybridized carbons (Fsp3) is 0.357. The fourth-order valence-electron chi connectivity index (χ4n) is 2.06. The zero-order valence-electron chi connectivity index (χ0n) is 11.0. The molecule has 0 unspecified atom stereocenters. The predicted molar refractivity (Wildman–Crippen MR) is 69.7 cm³/mol. The number of aliphatic hydroxyl groups excluding tert-OH is 1. The molecule has 0 aliphatic rings. The van der Waals surface area contributed by atoms with Gasteiger partial charge in [-0.05, 0) is 31.5 Å². The summed E-state index contributed by atoms with van der Waals surface area (Å²) >= 11 is 0. The third kappa shape index (κ3) is 2.38. The Hall–Kier alpha value is -1.81. The second kappa shape index (κ2) is 5.23. The standard InChI is InChI=1S/C14H18N2O2/c1-10-14(9-17)11(2)16(15-10)8-12-5-4-6-13(7-12)18-3/h4-7,17H,8-9H2,1-3H3. The van der Waals surface area contributed by atoms with E-state index in [-0.39, 0.29) is 6.61 Å². The van der Waals surface area contributed by atoms with Crippen LogP contribution in [0.1, 0.15) is 22.5 Å². The highest BCUT2D eigenvalue weighted by atomic mass is 16.5. The van der Waals surface area contributed by atoms with Gasteiger partial charge in [0.1, 0.15) is 5.75 Å². The van der Waals surface area contributed by atoms with Crippen LogP contribution in [0.25, 0.3) is 0 Å².